The molecule has 14 heteroatoms. The van der Waals surface area contributed by atoms with E-state index in [1.165, 1.54) is 109 Å². The van der Waals surface area contributed by atoms with E-state index >= 15 is 0 Å². The second kappa shape index (κ2) is 62.2. The third kappa shape index (κ3) is 45.2. The molecule has 94 heavy (non-hydrogen) atoms. The number of carbonyl (C=O) groups is 1. The molecule has 12 unspecified atom stereocenters. The lowest BCUT2D eigenvalue weighted by molar-refractivity contribution is -0.359. The van der Waals surface area contributed by atoms with Crippen molar-refractivity contribution in [3.8, 4) is 0 Å². The monoisotopic (exact) mass is 1310 g/mol. The minimum absolute atomic E-state index is 0.203. The highest BCUT2D eigenvalue weighted by atomic mass is 16.7. The van der Waals surface area contributed by atoms with Crippen LogP contribution >= 0.6 is 0 Å². The van der Waals surface area contributed by atoms with Crippen LogP contribution in [0.25, 0.3) is 0 Å². The lowest BCUT2D eigenvalue weighted by Gasteiger charge is -2.46. The number of rotatable bonds is 58. The summed E-state index contributed by atoms with van der Waals surface area (Å²) in [6, 6.07) is -0.976. The van der Waals surface area contributed by atoms with E-state index in [1.54, 1.807) is 6.08 Å². The van der Waals surface area contributed by atoms with Gasteiger partial charge in [-0.25, -0.2) is 0 Å². The molecule has 9 N–H and O–H groups in total. The van der Waals surface area contributed by atoms with Crippen LogP contribution in [0.5, 0.6) is 0 Å². The average Bonchev–Trinajstić information content (AvgIpc) is 0.794. The second-order valence-electron chi connectivity index (χ2n) is 25.0. The first kappa shape index (κ1) is 85.7. The Kier molecular flexibility index (Phi) is 56.7. The maximum absolute atomic E-state index is 13.3. The zero-order valence-corrected chi connectivity index (χ0v) is 58.1. The first-order valence-corrected chi connectivity index (χ1v) is 36.7. The van der Waals surface area contributed by atoms with E-state index < -0.39 is 86.8 Å². The molecule has 1 amide bonds. The molecule has 2 aliphatic rings. The Morgan fingerprint density at radius 1 is 0.394 bits per heavy atom. The van der Waals surface area contributed by atoms with E-state index in [4.69, 9.17) is 18.9 Å². The van der Waals surface area contributed by atoms with Crippen LogP contribution in [0.15, 0.2) is 158 Å². The molecule has 0 aromatic heterocycles. The lowest BCUT2D eigenvalue weighted by Crippen LogP contribution is -2.65. The molecule has 2 fully saturated rings. The van der Waals surface area contributed by atoms with Gasteiger partial charge < -0.3 is 65.1 Å². The highest BCUT2D eigenvalue weighted by molar-refractivity contribution is 5.76. The number of unbranched alkanes of at least 4 members (excludes halogenated alkanes) is 21. The Morgan fingerprint density at radius 2 is 0.745 bits per heavy atom. The van der Waals surface area contributed by atoms with Gasteiger partial charge in [-0.3, -0.25) is 4.79 Å². The second-order valence-corrected chi connectivity index (χ2v) is 25.0. The number of aliphatic hydroxyl groups excluding tert-OH is 8. The average molecular weight is 1310 g/mol. The molecule has 0 aliphatic carbocycles. The fraction of sp³-hybridized carbons (Fsp3) is 0.662. The van der Waals surface area contributed by atoms with Crippen molar-refractivity contribution in [2.24, 2.45) is 0 Å². The number of nitrogens with one attached hydrogen (secondary N) is 1. The Balaban J connectivity index is 1.73. The van der Waals surface area contributed by atoms with E-state index in [9.17, 15) is 45.6 Å². The van der Waals surface area contributed by atoms with Crippen molar-refractivity contribution in [3.05, 3.63) is 158 Å². The predicted molar refractivity (Wildman–Crippen MR) is 387 cm³/mol. The van der Waals surface area contributed by atoms with Crippen molar-refractivity contribution < 1.29 is 64.6 Å². The molecular weight excluding hydrogens is 1180 g/mol. The van der Waals surface area contributed by atoms with Crippen molar-refractivity contribution in [1.82, 2.24) is 5.32 Å². The van der Waals surface area contributed by atoms with Crippen molar-refractivity contribution in [2.45, 2.75) is 319 Å². The van der Waals surface area contributed by atoms with Gasteiger partial charge in [0.25, 0.3) is 0 Å². The number of allylic oxidation sites excluding steroid dienone is 25. The Morgan fingerprint density at radius 3 is 1.17 bits per heavy atom. The van der Waals surface area contributed by atoms with E-state index in [0.29, 0.717) is 12.8 Å². The molecule has 2 saturated heterocycles. The Bertz CT molecular complexity index is 2190. The molecule has 0 aromatic rings. The molecule has 0 spiro atoms. The van der Waals surface area contributed by atoms with Crippen LogP contribution in [0.2, 0.25) is 0 Å². The summed E-state index contributed by atoms with van der Waals surface area (Å²) < 4.78 is 22.8. The van der Waals surface area contributed by atoms with Crippen LogP contribution in [0.3, 0.4) is 0 Å². The normalized spacial score (nSPS) is 23.4. The lowest BCUT2D eigenvalue weighted by atomic mass is 9.97. The summed E-state index contributed by atoms with van der Waals surface area (Å²) in [6.07, 6.45) is 78.7. The van der Waals surface area contributed by atoms with Gasteiger partial charge in [0.15, 0.2) is 12.6 Å². The van der Waals surface area contributed by atoms with E-state index in [2.05, 4.69) is 165 Å². The third-order valence-corrected chi connectivity index (χ3v) is 16.7. The maximum Gasteiger partial charge on any atom is 0.220 e. The van der Waals surface area contributed by atoms with Crippen molar-refractivity contribution in [1.29, 1.82) is 0 Å². The highest BCUT2D eigenvalue weighted by Gasteiger charge is 2.51. The van der Waals surface area contributed by atoms with Crippen LogP contribution in [0, 0.1) is 0 Å². The summed E-state index contributed by atoms with van der Waals surface area (Å²) in [4.78, 5) is 13.3. The van der Waals surface area contributed by atoms with Gasteiger partial charge in [-0.05, 0) is 122 Å². The minimum Gasteiger partial charge on any atom is -0.394 e. The summed E-state index contributed by atoms with van der Waals surface area (Å²) >= 11 is 0. The van der Waals surface area contributed by atoms with E-state index in [0.717, 1.165) is 103 Å². The van der Waals surface area contributed by atoms with Gasteiger partial charge in [0.2, 0.25) is 5.91 Å². The Hall–Kier alpha value is -4.39. The quantitative estimate of drug-likeness (QED) is 0.0204. The van der Waals surface area contributed by atoms with Gasteiger partial charge in [-0.1, -0.05) is 275 Å². The first-order chi connectivity index (χ1) is 46.1. The molecule has 2 rings (SSSR count). The van der Waals surface area contributed by atoms with Gasteiger partial charge in [0.1, 0.15) is 48.8 Å². The van der Waals surface area contributed by atoms with Gasteiger partial charge in [-0.15, -0.1) is 0 Å². The standard InChI is InChI=1S/C80H131NO13/c1-3-5-7-9-11-13-15-17-19-21-23-25-27-29-31-32-33-34-35-36-38-40-42-44-46-48-50-52-54-56-58-60-62-64-72(85)81-68(67-91-79-77(90)75(88)78(71(66-83)93-79)94-80-76(89)74(87)73(86)70(65-82)92-80)69(84)63-61-59-57-55-53-51-49-47-45-43-41-39-37-30-28-26-24-22-20-18-16-14-12-10-8-6-4-2/h5,7,11,13,17,19,23,25,29,31,33-34,36,38,42,44-45,47-48,50,53-56,61,63,68-71,73-80,82-84,86-90H,3-4,6,8-10,12,14-16,18,20-22,24,26-28,30,32,35,37,39-41,43,46,49,51-52,57-60,62,64-67H2,1-2H3,(H,81,85)/b7-5-,13-11-,19-17-,25-23-,31-29-,34-33-,38-36-,44-42-,47-45+,50-48-,55-53+,56-54-,63-61+. The summed E-state index contributed by atoms with van der Waals surface area (Å²) in [5.41, 5.74) is 0. The van der Waals surface area contributed by atoms with Crippen LogP contribution in [0.1, 0.15) is 245 Å². The van der Waals surface area contributed by atoms with Crippen LogP contribution in [-0.4, -0.2) is 140 Å². The zero-order chi connectivity index (χ0) is 68.0. The van der Waals surface area contributed by atoms with E-state index in [-0.39, 0.29) is 18.9 Å². The summed E-state index contributed by atoms with van der Waals surface area (Å²) in [7, 11) is 0. The van der Waals surface area contributed by atoms with Gasteiger partial charge >= 0.3 is 0 Å². The summed E-state index contributed by atoms with van der Waals surface area (Å²) in [5, 5.41) is 87.4. The molecule has 0 bridgehead atoms. The SMILES string of the molecule is CC/C=C\C/C=C\C/C=C\C/C=C\C/C=C\C/C=C\C/C=C\C/C=C\C/C=C\C/C=C\CCCCC(=O)NC(COC1OC(CO)C(OC2OC(CO)C(O)C(O)C2O)C(O)C1O)C(O)/C=C/CC/C=C/CC/C=C/CCCCCCCCCCCCCCCCCCC. The van der Waals surface area contributed by atoms with Gasteiger partial charge in [0.05, 0.1) is 32.0 Å². The fourth-order valence-corrected chi connectivity index (χ4v) is 10.9. The van der Waals surface area contributed by atoms with Crippen molar-refractivity contribution >= 4 is 5.91 Å². The third-order valence-electron chi connectivity index (χ3n) is 16.7. The molecule has 0 radical (unpaired) electrons. The summed E-state index contributed by atoms with van der Waals surface area (Å²) in [5.74, 6) is -0.301. The van der Waals surface area contributed by atoms with E-state index in [1.807, 2.05) is 6.08 Å². The molecule has 0 aromatic carbocycles. The molecule has 14 nitrogen and oxygen atoms in total. The van der Waals surface area contributed by atoms with Crippen LogP contribution in [-0.2, 0) is 23.7 Å². The van der Waals surface area contributed by atoms with Crippen molar-refractivity contribution in [2.75, 3.05) is 19.8 Å². The smallest absolute Gasteiger partial charge is 0.220 e. The number of aliphatic hydroxyl groups is 8. The zero-order valence-electron chi connectivity index (χ0n) is 58.1. The molecular formula is C80H131NO13. The predicted octanol–water partition coefficient (Wildman–Crippen LogP) is 15.8. The topological polar surface area (TPSA) is 228 Å². The number of carbonyl (C=O) groups excluding carboxylic acids is 1. The number of hydrogen-bond acceptors (Lipinski definition) is 13. The van der Waals surface area contributed by atoms with Crippen LogP contribution < -0.4 is 5.32 Å². The number of amides is 1. The number of ether oxygens (including phenoxy) is 4. The Labute approximate surface area is 569 Å². The van der Waals surface area contributed by atoms with Gasteiger partial charge in [0, 0.05) is 6.42 Å². The van der Waals surface area contributed by atoms with Gasteiger partial charge in [-0.2, -0.15) is 0 Å². The van der Waals surface area contributed by atoms with Crippen molar-refractivity contribution in [3.63, 3.8) is 0 Å². The first-order valence-electron chi connectivity index (χ1n) is 36.7. The molecule has 534 valence electrons. The highest BCUT2D eigenvalue weighted by Crippen LogP contribution is 2.30. The largest absolute Gasteiger partial charge is 0.394 e. The fourth-order valence-electron chi connectivity index (χ4n) is 10.9. The molecule has 2 heterocycles. The molecule has 2 aliphatic heterocycles. The van der Waals surface area contributed by atoms with Crippen LogP contribution in [0.4, 0.5) is 0 Å². The molecule has 12 atom stereocenters. The maximum atomic E-state index is 13.3. The molecule has 0 saturated carbocycles. The minimum atomic E-state index is -1.81. The summed E-state index contributed by atoms with van der Waals surface area (Å²) in [6.45, 7) is 2.64. The number of hydrogen-bond donors (Lipinski definition) is 9.